The summed E-state index contributed by atoms with van der Waals surface area (Å²) in [5.74, 6) is 0.704. The highest BCUT2D eigenvalue weighted by Gasteiger charge is 2.05. The lowest BCUT2D eigenvalue weighted by molar-refractivity contribution is -0.116. The van der Waals surface area contributed by atoms with Crippen LogP contribution in [0.15, 0.2) is 57.6 Å². The third-order valence-corrected chi connectivity index (χ3v) is 4.09. The zero-order valence-corrected chi connectivity index (χ0v) is 14.5. The normalized spacial score (nSPS) is 10.9. The molecule has 0 aliphatic rings. The Morgan fingerprint density at radius 3 is 2.88 bits per heavy atom. The van der Waals surface area contributed by atoms with E-state index in [0.29, 0.717) is 17.3 Å². The number of nitrogens with one attached hydrogen (secondary N) is 2. The highest BCUT2D eigenvalue weighted by atomic mass is 32.1. The number of carbonyl (C=O) groups is 1. The van der Waals surface area contributed by atoms with Crippen LogP contribution in [0.1, 0.15) is 25.5 Å². The molecule has 0 saturated carbocycles. The Balaban J connectivity index is 1.60. The number of hydrogen-bond acceptors (Lipinski definition) is 6. The van der Waals surface area contributed by atoms with Crippen molar-refractivity contribution in [2.45, 2.75) is 19.8 Å². The van der Waals surface area contributed by atoms with Gasteiger partial charge < -0.3 is 9.73 Å². The number of benzene rings is 1. The molecule has 0 saturated heterocycles. The molecule has 0 atom stereocenters. The molecule has 2 heterocycles. The number of carbonyl (C=O) groups excluding carboxylic acids is 1. The summed E-state index contributed by atoms with van der Waals surface area (Å²) in [6, 6.07) is 11.3. The number of thiazole rings is 1. The first kappa shape index (κ1) is 16.9. The maximum Gasteiger partial charge on any atom is 0.224 e. The van der Waals surface area contributed by atoms with Gasteiger partial charge in [0.05, 0.1) is 18.2 Å². The van der Waals surface area contributed by atoms with E-state index in [4.69, 9.17) is 4.42 Å². The fraction of sp³-hybridized carbons (Fsp3) is 0.167. The van der Waals surface area contributed by atoms with Gasteiger partial charge in [0.25, 0.3) is 0 Å². The topological polar surface area (TPSA) is 79.5 Å². The molecule has 25 heavy (non-hydrogen) atoms. The van der Waals surface area contributed by atoms with Crippen LogP contribution in [0.3, 0.4) is 0 Å². The first-order valence-electron chi connectivity index (χ1n) is 7.93. The Labute approximate surface area is 149 Å². The van der Waals surface area contributed by atoms with E-state index in [1.165, 1.54) is 11.3 Å². The number of nitrogens with zero attached hydrogens (tertiary/aromatic N) is 2. The minimum atomic E-state index is 0.0322. The van der Waals surface area contributed by atoms with Gasteiger partial charge in [0.1, 0.15) is 5.76 Å². The van der Waals surface area contributed by atoms with Crippen molar-refractivity contribution in [2.75, 3.05) is 10.7 Å². The summed E-state index contributed by atoms with van der Waals surface area (Å²) in [6.45, 7) is 1.98. The van der Waals surface area contributed by atoms with Gasteiger partial charge in [0.2, 0.25) is 11.0 Å². The van der Waals surface area contributed by atoms with Crippen LogP contribution in [0, 0.1) is 0 Å². The summed E-state index contributed by atoms with van der Waals surface area (Å²) in [6.07, 6.45) is 4.55. The highest BCUT2D eigenvalue weighted by Crippen LogP contribution is 2.26. The van der Waals surface area contributed by atoms with E-state index >= 15 is 0 Å². The maximum atomic E-state index is 11.6. The van der Waals surface area contributed by atoms with Gasteiger partial charge in [0, 0.05) is 23.1 Å². The van der Waals surface area contributed by atoms with Gasteiger partial charge in [0.15, 0.2) is 0 Å². The van der Waals surface area contributed by atoms with Crippen molar-refractivity contribution in [1.82, 2.24) is 4.98 Å². The van der Waals surface area contributed by atoms with Crippen LogP contribution < -0.4 is 10.7 Å². The lowest BCUT2D eigenvalue weighted by Gasteiger charge is -2.04. The van der Waals surface area contributed by atoms with Crippen molar-refractivity contribution >= 4 is 34.3 Å². The number of aromatic nitrogens is 1. The molecule has 2 N–H and O–H groups in total. The van der Waals surface area contributed by atoms with Gasteiger partial charge >= 0.3 is 0 Å². The van der Waals surface area contributed by atoms with Crippen LogP contribution in [-0.4, -0.2) is 17.1 Å². The average molecular weight is 354 g/mol. The molecule has 128 valence electrons. The van der Waals surface area contributed by atoms with Crippen LogP contribution in [0.4, 0.5) is 10.8 Å². The second-order valence-corrected chi connectivity index (χ2v) is 6.16. The molecule has 0 fully saturated rings. The monoisotopic (exact) mass is 354 g/mol. The van der Waals surface area contributed by atoms with Crippen molar-refractivity contribution < 1.29 is 9.21 Å². The number of furan rings is 1. The second kappa shape index (κ2) is 8.25. The first-order valence-corrected chi connectivity index (χ1v) is 8.81. The molecular weight excluding hydrogens is 336 g/mol. The first-order chi connectivity index (χ1) is 12.2. The number of anilines is 2. The van der Waals surface area contributed by atoms with Crippen molar-refractivity contribution in [3.05, 3.63) is 53.8 Å². The third-order valence-electron chi connectivity index (χ3n) is 3.34. The van der Waals surface area contributed by atoms with E-state index in [9.17, 15) is 4.79 Å². The van der Waals surface area contributed by atoms with Crippen LogP contribution in [0.2, 0.25) is 0 Å². The van der Waals surface area contributed by atoms with Crippen LogP contribution in [0.5, 0.6) is 0 Å². The molecule has 0 radical (unpaired) electrons. The Bertz CT molecular complexity index is 838. The van der Waals surface area contributed by atoms with Crippen LogP contribution in [0.25, 0.3) is 11.3 Å². The predicted octanol–water partition coefficient (Wildman–Crippen LogP) is 4.59. The van der Waals surface area contributed by atoms with Gasteiger partial charge in [-0.15, -0.1) is 11.3 Å². The summed E-state index contributed by atoms with van der Waals surface area (Å²) >= 11 is 1.47. The Kier molecular flexibility index (Phi) is 5.58. The summed E-state index contributed by atoms with van der Waals surface area (Å²) in [7, 11) is 0. The zero-order valence-electron chi connectivity index (χ0n) is 13.7. The fourth-order valence-electron chi connectivity index (χ4n) is 2.15. The van der Waals surface area contributed by atoms with Crippen LogP contribution in [-0.2, 0) is 4.79 Å². The van der Waals surface area contributed by atoms with Gasteiger partial charge in [-0.2, -0.15) is 5.10 Å². The standard InChI is InChI=1S/C18H18N4O2S/c1-2-4-17(23)20-14-8-6-13(7-9-14)16-12-25-18(21-16)22-19-11-15-5-3-10-24-15/h3,5-12H,2,4H2,1H3,(H,20,23)(H,21,22)/b19-11-. The lowest BCUT2D eigenvalue weighted by atomic mass is 10.1. The van der Waals surface area contributed by atoms with Gasteiger partial charge in [-0.1, -0.05) is 19.1 Å². The molecule has 0 aliphatic carbocycles. The summed E-state index contributed by atoms with van der Waals surface area (Å²) < 4.78 is 5.16. The molecule has 1 aromatic carbocycles. The van der Waals surface area contributed by atoms with Gasteiger partial charge in [-0.05, 0) is 30.7 Å². The SMILES string of the molecule is CCCC(=O)Nc1ccc(-c2csc(N/N=C\c3ccco3)n2)cc1. The van der Waals surface area contributed by atoms with Crippen molar-refractivity contribution in [2.24, 2.45) is 5.10 Å². The summed E-state index contributed by atoms with van der Waals surface area (Å²) in [5.41, 5.74) is 5.51. The van der Waals surface area contributed by atoms with E-state index in [2.05, 4.69) is 20.8 Å². The second-order valence-electron chi connectivity index (χ2n) is 5.30. The molecule has 0 unspecified atom stereocenters. The Hall–Kier alpha value is -2.93. The Morgan fingerprint density at radius 1 is 1.32 bits per heavy atom. The molecule has 0 bridgehead atoms. The zero-order chi connectivity index (χ0) is 17.5. The maximum absolute atomic E-state index is 11.6. The van der Waals surface area contributed by atoms with Crippen LogP contribution >= 0.6 is 11.3 Å². The Morgan fingerprint density at radius 2 is 2.16 bits per heavy atom. The molecule has 6 nitrogen and oxygen atoms in total. The smallest absolute Gasteiger partial charge is 0.224 e. The molecule has 7 heteroatoms. The highest BCUT2D eigenvalue weighted by molar-refractivity contribution is 7.14. The van der Waals surface area contributed by atoms with Gasteiger partial charge in [-0.25, -0.2) is 4.98 Å². The molecule has 2 aromatic heterocycles. The molecule has 0 aliphatic heterocycles. The predicted molar refractivity (Wildman–Crippen MR) is 101 cm³/mol. The van der Waals surface area contributed by atoms with Crippen molar-refractivity contribution in [1.29, 1.82) is 0 Å². The molecule has 3 rings (SSSR count). The number of rotatable bonds is 7. The van der Waals surface area contributed by atoms with Crippen molar-refractivity contribution in [3.63, 3.8) is 0 Å². The van der Waals surface area contributed by atoms with E-state index < -0.39 is 0 Å². The minimum Gasteiger partial charge on any atom is -0.463 e. The molecular formula is C18H18N4O2S. The summed E-state index contributed by atoms with van der Waals surface area (Å²) in [5, 5.41) is 9.60. The number of hydrazone groups is 1. The van der Waals surface area contributed by atoms with Crippen molar-refractivity contribution in [3.8, 4) is 11.3 Å². The van der Waals surface area contributed by atoms with E-state index in [-0.39, 0.29) is 5.91 Å². The summed E-state index contributed by atoms with van der Waals surface area (Å²) in [4.78, 5) is 16.1. The number of amides is 1. The quantitative estimate of drug-likeness (QED) is 0.480. The molecule has 0 spiro atoms. The van der Waals surface area contributed by atoms with Gasteiger partial charge in [-0.3, -0.25) is 10.2 Å². The average Bonchev–Trinajstić information content (AvgIpc) is 3.28. The largest absolute Gasteiger partial charge is 0.463 e. The molecule has 1 amide bonds. The minimum absolute atomic E-state index is 0.0322. The van der Waals surface area contributed by atoms with E-state index in [1.54, 1.807) is 18.5 Å². The molecule has 3 aromatic rings. The van der Waals surface area contributed by atoms with E-state index in [0.717, 1.165) is 23.4 Å². The third kappa shape index (κ3) is 4.77. The van der Waals surface area contributed by atoms with E-state index in [1.807, 2.05) is 42.6 Å². The fourth-order valence-corrected chi connectivity index (χ4v) is 2.82. The lowest BCUT2D eigenvalue weighted by Crippen LogP contribution is -2.10. The number of hydrogen-bond donors (Lipinski definition) is 2.